The molecule has 1 N–H and O–H groups in total. The summed E-state index contributed by atoms with van der Waals surface area (Å²) in [5.74, 6) is -2.19. The van der Waals surface area contributed by atoms with Gasteiger partial charge in [0.15, 0.2) is 0 Å². The van der Waals surface area contributed by atoms with E-state index in [9.17, 15) is 18.8 Å². The van der Waals surface area contributed by atoms with Gasteiger partial charge >= 0.3 is 11.8 Å². The summed E-state index contributed by atoms with van der Waals surface area (Å²) in [7, 11) is 2.99. The Bertz CT molecular complexity index is 1430. The maximum absolute atomic E-state index is 15.8. The van der Waals surface area contributed by atoms with Crippen LogP contribution in [0.4, 0.5) is 8.78 Å². The Morgan fingerprint density at radius 2 is 1.78 bits per heavy atom. The molecule has 1 saturated carbocycles. The molecule has 1 aromatic heterocycles. The second-order valence-electron chi connectivity index (χ2n) is 10.1. The maximum Gasteiger partial charge on any atom is 0.311 e. The van der Waals surface area contributed by atoms with Gasteiger partial charge in [-0.05, 0) is 67.3 Å². The zero-order valence-electron chi connectivity index (χ0n) is 20.8. The van der Waals surface area contributed by atoms with Crippen LogP contribution in [0.5, 0.6) is 0 Å². The molecule has 3 aromatic rings. The second kappa shape index (κ2) is 9.92. The number of fused-ring (bicyclic) bond motifs is 1. The number of aromatic nitrogens is 1. The lowest BCUT2D eigenvalue weighted by Gasteiger charge is -2.36. The van der Waals surface area contributed by atoms with Gasteiger partial charge in [0, 0.05) is 30.9 Å². The van der Waals surface area contributed by atoms with Gasteiger partial charge in [0.2, 0.25) is 0 Å². The fraction of sp³-hybridized carbons (Fsp3) is 0.345. The summed E-state index contributed by atoms with van der Waals surface area (Å²) in [5.41, 5.74) is 2.46. The standard InChI is InChI=1S/C29H29F2N3O3/c1-33(2)29(37)27(35)32-24-14-12-21-11-13-23(17-9-10-17)28(36)34(21)25(24)16-19-6-4-8-22(26(19)31)18-5-3-7-20(30)15-18/h3-8,11,13,15,17,24-25H,9-10,12,14,16H2,1-2H3,(H,32,35)/t24-,25-/m0/s1. The van der Waals surface area contributed by atoms with Crippen LogP contribution in [0, 0.1) is 11.6 Å². The number of pyridine rings is 1. The average molecular weight is 506 g/mol. The number of hydrogen-bond donors (Lipinski definition) is 1. The molecule has 37 heavy (non-hydrogen) atoms. The fourth-order valence-corrected chi connectivity index (χ4v) is 5.23. The minimum Gasteiger partial charge on any atom is -0.343 e. The summed E-state index contributed by atoms with van der Waals surface area (Å²) in [4.78, 5) is 39.8. The minimum absolute atomic E-state index is 0.121. The van der Waals surface area contributed by atoms with Gasteiger partial charge in [-0.2, -0.15) is 0 Å². The molecular formula is C29H29F2N3O3. The molecule has 0 bridgehead atoms. The Labute approximate surface area is 213 Å². The Morgan fingerprint density at radius 1 is 1.03 bits per heavy atom. The molecule has 0 radical (unpaired) electrons. The van der Waals surface area contributed by atoms with E-state index in [2.05, 4.69) is 5.32 Å². The van der Waals surface area contributed by atoms with E-state index in [1.807, 2.05) is 12.1 Å². The van der Waals surface area contributed by atoms with E-state index < -0.39 is 35.5 Å². The van der Waals surface area contributed by atoms with Gasteiger partial charge in [-0.15, -0.1) is 0 Å². The number of benzene rings is 2. The molecule has 2 aromatic carbocycles. The van der Waals surface area contributed by atoms with Crippen molar-refractivity contribution in [1.82, 2.24) is 14.8 Å². The summed E-state index contributed by atoms with van der Waals surface area (Å²) in [6, 6.07) is 13.4. The number of halogens is 2. The highest BCUT2D eigenvalue weighted by molar-refractivity contribution is 6.34. The third-order valence-corrected chi connectivity index (χ3v) is 7.32. The van der Waals surface area contributed by atoms with Crippen LogP contribution in [0.3, 0.4) is 0 Å². The average Bonchev–Trinajstić information content (AvgIpc) is 3.71. The molecule has 0 saturated heterocycles. The number of rotatable bonds is 5. The smallest absolute Gasteiger partial charge is 0.311 e. The van der Waals surface area contributed by atoms with Crippen LogP contribution in [0.2, 0.25) is 0 Å². The van der Waals surface area contributed by atoms with Gasteiger partial charge in [0.1, 0.15) is 11.6 Å². The van der Waals surface area contributed by atoms with Crippen molar-refractivity contribution in [3.63, 3.8) is 0 Å². The number of carbonyl (C=O) groups excluding carboxylic acids is 2. The van der Waals surface area contributed by atoms with Crippen molar-refractivity contribution < 1.29 is 18.4 Å². The van der Waals surface area contributed by atoms with Crippen LogP contribution in [0.15, 0.2) is 59.4 Å². The second-order valence-corrected chi connectivity index (χ2v) is 10.1. The third kappa shape index (κ3) is 4.92. The summed E-state index contributed by atoms with van der Waals surface area (Å²) < 4.78 is 31.3. The lowest BCUT2D eigenvalue weighted by atomic mass is 9.89. The molecular weight excluding hydrogens is 476 g/mol. The zero-order valence-corrected chi connectivity index (χ0v) is 20.8. The summed E-state index contributed by atoms with van der Waals surface area (Å²) in [6.07, 6.45) is 3.09. The SMILES string of the molecule is CN(C)C(=O)C(=O)N[C@H]1CCc2ccc(C3CC3)c(=O)n2[C@H]1Cc1cccc(-c2cccc(F)c2)c1F. The highest BCUT2D eigenvalue weighted by Crippen LogP contribution is 2.39. The first-order valence-electron chi connectivity index (χ1n) is 12.5. The number of nitrogens with zero attached hydrogens (tertiary/aromatic N) is 2. The maximum atomic E-state index is 15.8. The number of nitrogens with one attached hydrogen (secondary N) is 1. The predicted molar refractivity (Wildman–Crippen MR) is 136 cm³/mol. The minimum atomic E-state index is -0.760. The van der Waals surface area contributed by atoms with Crippen molar-refractivity contribution in [1.29, 1.82) is 0 Å². The molecule has 8 heteroatoms. The van der Waals surface area contributed by atoms with E-state index >= 15 is 4.39 Å². The molecule has 2 heterocycles. The Kier molecular flexibility index (Phi) is 6.67. The lowest BCUT2D eigenvalue weighted by Crippen LogP contribution is -2.52. The van der Waals surface area contributed by atoms with Crippen molar-refractivity contribution in [2.75, 3.05) is 14.1 Å². The number of likely N-dealkylation sites (N-methyl/N-ethyl adjacent to an activating group) is 1. The van der Waals surface area contributed by atoms with E-state index in [0.29, 0.717) is 24.0 Å². The van der Waals surface area contributed by atoms with Crippen molar-refractivity contribution >= 4 is 11.8 Å². The third-order valence-electron chi connectivity index (χ3n) is 7.32. The topological polar surface area (TPSA) is 71.4 Å². The van der Waals surface area contributed by atoms with Crippen molar-refractivity contribution in [2.24, 2.45) is 0 Å². The number of aryl methyl sites for hydroxylation is 1. The van der Waals surface area contributed by atoms with Crippen molar-refractivity contribution in [3.05, 3.63) is 93.4 Å². The van der Waals surface area contributed by atoms with Gasteiger partial charge in [0.25, 0.3) is 5.56 Å². The predicted octanol–water partition coefficient (Wildman–Crippen LogP) is 3.97. The van der Waals surface area contributed by atoms with Gasteiger partial charge in [0.05, 0.1) is 12.1 Å². The van der Waals surface area contributed by atoms with E-state index in [1.54, 1.807) is 28.8 Å². The molecule has 0 unspecified atom stereocenters. The molecule has 0 spiro atoms. The van der Waals surface area contributed by atoms with Crippen LogP contribution < -0.4 is 10.9 Å². The first-order chi connectivity index (χ1) is 17.7. The van der Waals surface area contributed by atoms with Gasteiger partial charge in [-0.25, -0.2) is 8.78 Å². The number of hydrogen-bond acceptors (Lipinski definition) is 3. The van der Waals surface area contributed by atoms with E-state index in [-0.39, 0.29) is 23.5 Å². The molecule has 2 amide bonds. The van der Waals surface area contributed by atoms with Crippen LogP contribution in [-0.4, -0.2) is 41.4 Å². The Morgan fingerprint density at radius 3 is 2.49 bits per heavy atom. The first-order valence-corrected chi connectivity index (χ1v) is 12.5. The lowest BCUT2D eigenvalue weighted by molar-refractivity contribution is -0.144. The Hall–Kier alpha value is -3.81. The van der Waals surface area contributed by atoms with Gasteiger partial charge in [-0.1, -0.05) is 36.4 Å². The summed E-state index contributed by atoms with van der Waals surface area (Å²) in [5, 5.41) is 2.81. The van der Waals surface area contributed by atoms with Crippen LogP contribution in [0.25, 0.3) is 11.1 Å². The normalized spacial score (nSPS) is 18.7. The summed E-state index contributed by atoms with van der Waals surface area (Å²) in [6.45, 7) is 0. The molecule has 1 fully saturated rings. The van der Waals surface area contributed by atoms with Crippen LogP contribution in [-0.2, 0) is 22.4 Å². The molecule has 1 aliphatic heterocycles. The Balaban J connectivity index is 1.56. The highest BCUT2D eigenvalue weighted by atomic mass is 19.1. The largest absolute Gasteiger partial charge is 0.343 e. The molecule has 2 aliphatic rings. The first kappa shape index (κ1) is 24.9. The van der Waals surface area contributed by atoms with Crippen molar-refractivity contribution in [3.8, 4) is 11.1 Å². The van der Waals surface area contributed by atoms with Crippen LogP contribution in [0.1, 0.15) is 48.0 Å². The zero-order chi connectivity index (χ0) is 26.3. The van der Waals surface area contributed by atoms with Gasteiger partial charge in [-0.3, -0.25) is 14.4 Å². The molecule has 2 atom stereocenters. The monoisotopic (exact) mass is 505 g/mol. The molecule has 5 rings (SSSR count). The fourth-order valence-electron chi connectivity index (χ4n) is 5.23. The molecule has 192 valence electrons. The molecule has 1 aliphatic carbocycles. The number of amides is 2. The van der Waals surface area contributed by atoms with E-state index in [4.69, 9.17) is 0 Å². The van der Waals surface area contributed by atoms with E-state index in [0.717, 1.165) is 24.1 Å². The molecule has 6 nitrogen and oxygen atoms in total. The highest BCUT2D eigenvalue weighted by Gasteiger charge is 2.36. The quantitative estimate of drug-likeness (QED) is 0.534. The van der Waals surface area contributed by atoms with Gasteiger partial charge < -0.3 is 14.8 Å². The number of carbonyl (C=O) groups is 2. The van der Waals surface area contributed by atoms with E-state index in [1.165, 1.54) is 37.2 Å². The summed E-state index contributed by atoms with van der Waals surface area (Å²) >= 11 is 0. The van der Waals surface area contributed by atoms with Crippen molar-refractivity contribution in [2.45, 2.75) is 50.1 Å². The van der Waals surface area contributed by atoms with Crippen LogP contribution >= 0.6 is 0 Å².